The molecule has 0 N–H and O–H groups in total. The quantitative estimate of drug-likeness (QED) is 0.0533. The average molecular weight is 1610 g/mol. The van der Waals surface area contributed by atoms with Crippen LogP contribution in [-0.2, 0) is 0 Å². The molecule has 0 heterocycles. The van der Waals surface area contributed by atoms with Gasteiger partial charge in [0.1, 0.15) is 0 Å². The van der Waals surface area contributed by atoms with Gasteiger partial charge in [0.15, 0.2) is 0 Å². The smallest absolute Gasteiger partial charge is 0 e. The van der Waals surface area contributed by atoms with E-state index in [2.05, 4.69) is 0 Å². The Morgan fingerprint density at radius 1 is 0.0604 bits per heavy atom. The molecule has 0 nitrogen and oxygen atoms in total. The fourth-order valence-corrected chi connectivity index (χ4v) is 27.5. The van der Waals surface area contributed by atoms with Crippen LogP contribution in [0.5, 0.6) is 0 Å². The van der Waals surface area contributed by atoms with Gasteiger partial charge in [-0.1, -0.05) is 0 Å². The van der Waals surface area contributed by atoms with Crippen LogP contribution in [0.25, 0.3) is 0 Å². The summed E-state index contributed by atoms with van der Waals surface area (Å²) in [6, 6.07) is 0. The summed E-state index contributed by atoms with van der Waals surface area (Å²) in [5.41, 5.74) is 0. The van der Waals surface area contributed by atoms with Gasteiger partial charge in [-0.3, -0.25) is 0 Å². The summed E-state index contributed by atoms with van der Waals surface area (Å²) in [6.45, 7) is 0. The Kier molecular flexibility index (Phi) is 78.1. The van der Waals surface area contributed by atoms with Gasteiger partial charge in [0.05, 0.1) is 0 Å². The highest BCUT2D eigenvalue weighted by atomic mass is 13.5. The summed E-state index contributed by atoms with van der Waals surface area (Å²) >= 11 is 0. The third-order valence-corrected chi connectivity index (χ3v) is 32.2. The first-order valence-corrected chi connectivity index (χ1v) is 49.3. The Labute approximate surface area is 1040 Å². The minimum absolute atomic E-state index is 0.879. The molecule has 0 aliphatic rings. The van der Waals surface area contributed by atoms with Gasteiger partial charge in [0.2, 0.25) is 0 Å². The Morgan fingerprint density at radius 3 is 0.154 bits per heavy atom. The summed E-state index contributed by atoms with van der Waals surface area (Å²) in [7, 11) is 572. The molecule has 0 saturated heterocycles. The van der Waals surface area contributed by atoms with Crippen LogP contribution < -0.4 is 0 Å². The molecule has 0 bridgehead atoms. The molecule has 0 unspecified atom stereocenters. The van der Waals surface area contributed by atoms with Gasteiger partial charge >= 0.3 is 0 Å². The molecule has 0 saturated carbocycles. The second-order valence-electron chi connectivity index (χ2n) is 42.3. The maximum atomic E-state index is 7.87. The molecule has 151 radical (unpaired) electrons. The Morgan fingerprint density at radius 2 is 0.107 bits per heavy atom. The van der Waals surface area contributed by atoms with Gasteiger partial charge in [-0.15, -0.1) is 0 Å². The summed E-state index contributed by atoms with van der Waals surface area (Å²) < 4.78 is 0. The lowest BCUT2D eigenvalue weighted by atomic mass is 8.16. The molecule has 0 aromatic rings. The van der Waals surface area contributed by atoms with E-state index >= 15 is 0 Å². The first kappa shape index (κ1) is 159. The molecule has 149 heteroatoms. The lowest BCUT2D eigenvalue weighted by Crippen LogP contribution is -3.04. The summed E-state index contributed by atoms with van der Waals surface area (Å²) in [5, 5.41) is 0. The zero-order chi connectivity index (χ0) is 118. The van der Waals surface area contributed by atoms with Crippen molar-refractivity contribution in [1.82, 2.24) is 0 Å². The van der Waals surface area contributed by atoms with Gasteiger partial charge in [-0.25, -0.2) is 0 Å². The van der Waals surface area contributed by atoms with Gasteiger partial charge in [-0.2, -0.15) is 0 Å². The van der Waals surface area contributed by atoms with Crippen molar-refractivity contribution < 1.29 is 0 Å². The maximum Gasteiger partial charge on any atom is 0 e. The van der Waals surface area contributed by atoms with E-state index in [-0.39, 0.29) is 0 Å². The van der Waals surface area contributed by atoms with Crippen molar-refractivity contribution in [2.45, 2.75) is 0 Å². The Balaban J connectivity index is 19.1. The van der Waals surface area contributed by atoms with Crippen LogP contribution in [0.3, 0.4) is 0 Å². The fraction of sp³-hybridized carbons (Fsp3) is 0. The molecule has 0 atom stereocenters. The predicted molar refractivity (Wildman–Crippen MR) is 857 cm³/mol. The van der Waals surface area contributed by atoms with Crippen molar-refractivity contribution in [2.24, 2.45) is 0 Å². The molecule has 0 aromatic heterocycles. The summed E-state index contributed by atoms with van der Waals surface area (Å²) in [4.78, 5) is 0. The second-order valence-corrected chi connectivity index (χ2v) is 42.3. The van der Waals surface area contributed by atoms with Gasteiger partial charge < -0.3 is 0 Å². The molecular weight excluding hydrogens is 1610 g/mol. The largest absolute Gasteiger partial charge is 0 e. The molecule has 0 aromatic carbocycles. The van der Waals surface area contributed by atoms with E-state index in [1.165, 1.54) is 0 Å². The first-order chi connectivity index (χ1) is 67.8. The van der Waals surface area contributed by atoms with E-state index in [4.69, 9.17) is 580 Å². The van der Waals surface area contributed by atoms with Crippen molar-refractivity contribution in [2.75, 3.05) is 0 Å². The molecule has 0 aliphatic heterocycles. The maximum absolute atomic E-state index is 7.87. The van der Waals surface area contributed by atoms with Crippen molar-refractivity contribution in [3.8, 4) is 0 Å². The lowest BCUT2D eigenvalue weighted by molar-refractivity contribution is 3.10. The van der Waals surface area contributed by atoms with E-state index in [9.17, 15) is 0 Å². The van der Waals surface area contributed by atoms with E-state index in [0.29, 0.717) is 0 Å². The minimum Gasteiger partial charge on any atom is 0 e. The molecular formula is B149. The molecule has 447 valence electrons. The van der Waals surface area contributed by atoms with Crippen LogP contribution in [0.15, 0.2) is 0 Å². The molecule has 0 amide bonds. The molecule has 0 aliphatic carbocycles. The lowest BCUT2D eigenvalue weighted by Gasteiger charge is -2.66. The van der Waals surface area contributed by atoms with E-state index in [1.807, 2.05) is 0 Å². The monoisotopic (exact) mass is 1640 g/mol. The van der Waals surface area contributed by atoms with Gasteiger partial charge in [0.25, 0.3) is 0 Å². The van der Waals surface area contributed by atoms with E-state index in [1.54, 1.807) is 0 Å². The summed E-state index contributed by atoms with van der Waals surface area (Å²) in [6.07, 6.45) is -173. The minimum atomic E-state index is -3.16. The van der Waals surface area contributed by atoms with Crippen molar-refractivity contribution in [3.63, 3.8) is 0 Å². The molecule has 0 spiro atoms. The number of hydrogen-bond donors (Lipinski definition) is 0. The third-order valence-electron chi connectivity index (χ3n) is 32.2. The zero-order valence-electron chi connectivity index (χ0n) is 86.0. The zero-order valence-corrected chi connectivity index (χ0v) is 86.0. The first-order valence-electron chi connectivity index (χ1n) is 49.3. The molecule has 149 heavy (non-hydrogen) atoms. The standard InChI is InChI=1S/B149/c1-76-114(77(2)3)133(115(78(4)5)79(6)7)142(132(112(72)73)113(74)75)147(143(134(116(80(8)9)81(10)11)117(82(12)13)83(14)15)135(118(84(16)17)85(18)19)119(86(20)21)87(22)23)149(146(140(128(104(56)57)105(58)59)129(106(60)61)107(62)63)141(130(108(64)65)109(66)67)131(110(68)69)111(70)71)148(144(136(120(88(24)25)89(26)27)121(90(28)29)91(30)31)137(122(92(32)33)93(34)35)123(94(36)37)95(38)39)145(138(124(96(40)41)97(42)43)125(98(44)45)99(46)47)139(126(100(48)49)101(50)51)127(102(52)53)103(54)55. The SMILES string of the molecule is [B][B]B(B([B])[B])B(B(B([B])[B])B([B])[B])B(B(B([B])[B])B([B])[B])B(B(B(B(B([B])[B])B([B])[B])B(B([B])[B])B([B])[B])B(B(B([B])[B])B([B])[B])B(B([B])[B])B([B])[B])B(B(B(B(B([B])[B])B([B])[B])B(B([B])[B])B([B])[B])B(B(B([B])[B])B([B])[B])B(B([B])[B])B([B])[B])B(B(B(B(B([B])[B])B([B])[B])B(B([B])[B])B([B])[B])B(B(B([B])[B])B([B])[B])B(B([B])[B])B([B])[B])B(B(B(B([B])[B])B([B])[B])B(B([B])[B])B([B])[B])B(B(B([B])[B])B([B])[B])B(B([B])[B])B([B])[B]. The van der Waals surface area contributed by atoms with Crippen LogP contribution in [0.1, 0.15) is 0 Å². The van der Waals surface area contributed by atoms with E-state index < -0.39 is 466 Å². The van der Waals surface area contributed by atoms with Crippen LogP contribution in [0, 0.1) is 0 Å². The van der Waals surface area contributed by atoms with Crippen LogP contribution in [0.2, 0.25) is 0 Å². The predicted octanol–water partition coefficient (Wildman–Crippen LogP) is -56.7. The Hall–Kier alpha value is 9.68. The second kappa shape index (κ2) is 73.4. The normalized spacial score (nSPS) is 9.88. The number of rotatable bonds is 73. The summed E-state index contributed by atoms with van der Waals surface area (Å²) in [5.74, 6) is 0. The van der Waals surface area contributed by atoms with Gasteiger partial charge in [0, 0.05) is 1050 Å². The highest BCUT2D eigenvalue weighted by molar-refractivity contribution is 8.49. The van der Waals surface area contributed by atoms with Gasteiger partial charge in [-0.05, 0) is 0 Å². The number of hydrogen-bond acceptors (Lipinski definition) is 0. The molecule has 0 rings (SSSR count). The van der Waals surface area contributed by atoms with Crippen molar-refractivity contribution in [3.05, 3.63) is 0 Å². The fourth-order valence-electron chi connectivity index (χ4n) is 27.5. The van der Waals surface area contributed by atoms with Crippen molar-refractivity contribution in [1.29, 1.82) is 0 Å². The topological polar surface area (TPSA) is 0 Å². The van der Waals surface area contributed by atoms with Crippen molar-refractivity contribution >= 4 is 1050 Å². The third kappa shape index (κ3) is 42.6. The van der Waals surface area contributed by atoms with E-state index in [0.717, 1.165) is 7.06 Å². The van der Waals surface area contributed by atoms with Crippen LogP contribution in [-0.4, -0.2) is 1050 Å². The molecule has 0 fully saturated rings. The Bertz CT molecular complexity index is 2650. The van der Waals surface area contributed by atoms with Crippen LogP contribution >= 0.6 is 0 Å². The van der Waals surface area contributed by atoms with Crippen LogP contribution in [0.4, 0.5) is 0 Å². The highest BCUT2D eigenvalue weighted by Gasteiger charge is 2.73. The average Bonchev–Trinajstić information content (AvgIpc) is 0.696. The highest BCUT2D eigenvalue weighted by Crippen LogP contribution is 2.35.